The number of hydrogen-bond donors (Lipinski definition) is 3. The number of carboxylic acid groups (broad SMARTS) is 1. The van der Waals surface area contributed by atoms with E-state index in [0.29, 0.717) is 5.69 Å². The Morgan fingerprint density at radius 1 is 0.854 bits per heavy atom. The van der Waals surface area contributed by atoms with E-state index < -0.39 is 12.0 Å². The number of hydrogen-bond acceptors (Lipinski definition) is 6. The Labute approximate surface area is 283 Å². The highest BCUT2D eigenvalue weighted by Crippen LogP contribution is 2.26. The average molecular weight is 651 g/mol. The van der Waals surface area contributed by atoms with Gasteiger partial charge >= 0.3 is 5.97 Å². The molecular formula is C39H46N4O5. The Morgan fingerprint density at radius 3 is 1.77 bits per heavy atom. The summed E-state index contributed by atoms with van der Waals surface area (Å²) in [5, 5.41) is 12.8. The van der Waals surface area contributed by atoms with E-state index in [0.717, 1.165) is 24.2 Å². The van der Waals surface area contributed by atoms with Crippen LogP contribution in [-0.2, 0) is 32.1 Å². The van der Waals surface area contributed by atoms with E-state index in [4.69, 9.17) is 14.6 Å². The summed E-state index contributed by atoms with van der Waals surface area (Å²) in [5.74, 6) is -0.784. The quantitative estimate of drug-likeness (QED) is 0.121. The van der Waals surface area contributed by atoms with Crippen LogP contribution in [0.1, 0.15) is 47.8 Å². The van der Waals surface area contributed by atoms with Gasteiger partial charge in [0.05, 0.1) is 25.2 Å². The van der Waals surface area contributed by atoms with Gasteiger partial charge in [0.2, 0.25) is 5.91 Å². The van der Waals surface area contributed by atoms with E-state index in [1.165, 1.54) is 25.2 Å². The number of carbonyl (C=O) groups excluding carboxylic acids is 2. The number of benzene rings is 4. The molecule has 0 fully saturated rings. The van der Waals surface area contributed by atoms with Gasteiger partial charge in [0.25, 0.3) is 6.47 Å². The molecule has 1 aromatic heterocycles. The highest BCUT2D eigenvalue weighted by Gasteiger charge is 2.23. The van der Waals surface area contributed by atoms with Crippen LogP contribution in [0.3, 0.4) is 0 Å². The number of methoxy groups -OCH3 is 1. The molecular weight excluding hydrogens is 604 g/mol. The normalized spacial score (nSPS) is 10.4. The topological polar surface area (TPSA) is 123 Å². The average Bonchev–Trinajstić information content (AvgIpc) is 3.57. The number of nitrogens with one attached hydrogen (secondary N) is 2. The van der Waals surface area contributed by atoms with Gasteiger partial charge in [-0.15, -0.1) is 0 Å². The van der Waals surface area contributed by atoms with E-state index >= 15 is 0 Å². The minimum Gasteiger partial charge on any atom is -0.483 e. The number of carbonyl (C=O) groups is 3. The molecule has 1 amide bonds. The van der Waals surface area contributed by atoms with Crippen LogP contribution in [0, 0.1) is 6.92 Å². The van der Waals surface area contributed by atoms with Crippen molar-refractivity contribution in [3.63, 3.8) is 0 Å². The first-order chi connectivity index (χ1) is 23.3. The second kappa shape index (κ2) is 22.9. The van der Waals surface area contributed by atoms with E-state index in [2.05, 4.69) is 78.0 Å². The lowest BCUT2D eigenvalue weighted by atomic mass is 9.98. The van der Waals surface area contributed by atoms with Crippen molar-refractivity contribution in [2.24, 2.45) is 0 Å². The minimum absolute atomic E-state index is 0.0407. The molecule has 9 heteroatoms. The molecule has 4 aromatic carbocycles. The van der Waals surface area contributed by atoms with Gasteiger partial charge in [0, 0.05) is 26.1 Å². The zero-order valence-electron chi connectivity index (χ0n) is 28.0. The lowest BCUT2D eigenvalue weighted by Crippen LogP contribution is -2.42. The number of nitrogens with zero attached hydrogens (tertiary/aromatic N) is 2. The van der Waals surface area contributed by atoms with Gasteiger partial charge in [0.1, 0.15) is 6.04 Å². The Morgan fingerprint density at radius 2 is 1.33 bits per heavy atom. The Kier molecular flexibility index (Phi) is 18.4. The fraction of sp³-hybridized carbons (Fsp3) is 0.231. The van der Waals surface area contributed by atoms with Crippen LogP contribution in [-0.4, -0.2) is 52.7 Å². The number of rotatable bonds is 10. The summed E-state index contributed by atoms with van der Waals surface area (Å²) in [7, 11) is 1.30. The first kappa shape index (κ1) is 38.6. The number of aryl methyl sites for hydroxylation is 1. The fourth-order valence-corrected chi connectivity index (χ4v) is 4.58. The van der Waals surface area contributed by atoms with Crippen molar-refractivity contribution in [1.29, 1.82) is 0 Å². The molecule has 1 heterocycles. The molecule has 0 saturated heterocycles. The molecule has 48 heavy (non-hydrogen) atoms. The van der Waals surface area contributed by atoms with Crippen LogP contribution < -0.4 is 10.6 Å². The van der Waals surface area contributed by atoms with Crippen LogP contribution >= 0.6 is 0 Å². The van der Waals surface area contributed by atoms with Crippen LogP contribution in [0.2, 0.25) is 0 Å². The zero-order chi connectivity index (χ0) is 35.0. The van der Waals surface area contributed by atoms with Gasteiger partial charge < -0.3 is 25.0 Å². The molecule has 0 aliphatic heterocycles. The monoisotopic (exact) mass is 650 g/mol. The maximum Gasteiger partial charge on any atom is 0.328 e. The van der Waals surface area contributed by atoms with Crippen LogP contribution in [0.5, 0.6) is 0 Å². The minimum atomic E-state index is -0.766. The first-order valence-electron chi connectivity index (χ1n) is 15.6. The molecule has 0 aliphatic carbocycles. The van der Waals surface area contributed by atoms with E-state index in [9.17, 15) is 9.59 Å². The summed E-state index contributed by atoms with van der Waals surface area (Å²) < 4.78 is 6.81. The van der Waals surface area contributed by atoms with E-state index in [1.807, 2.05) is 83.6 Å². The van der Waals surface area contributed by atoms with Gasteiger partial charge in [-0.1, -0.05) is 134 Å². The second-order valence-electron chi connectivity index (χ2n) is 10.5. The third-order valence-electron chi connectivity index (χ3n) is 6.83. The molecule has 1 unspecified atom stereocenters. The van der Waals surface area contributed by atoms with Crippen molar-refractivity contribution in [3.8, 4) is 0 Å². The van der Waals surface area contributed by atoms with Crippen molar-refractivity contribution in [1.82, 2.24) is 20.2 Å². The summed E-state index contributed by atoms with van der Waals surface area (Å²) in [6.45, 7) is 7.37. The number of esters is 1. The lowest BCUT2D eigenvalue weighted by molar-refractivity contribution is -0.144. The van der Waals surface area contributed by atoms with Crippen LogP contribution in [0.4, 0.5) is 0 Å². The summed E-state index contributed by atoms with van der Waals surface area (Å²) in [6.07, 6.45) is 3.92. The molecule has 0 bridgehead atoms. The van der Waals surface area contributed by atoms with Gasteiger partial charge in [-0.05, 0) is 30.2 Å². The number of imidazole rings is 1. The zero-order valence-corrected chi connectivity index (χ0v) is 28.0. The number of aromatic nitrogens is 2. The van der Waals surface area contributed by atoms with Gasteiger partial charge in [-0.25, -0.2) is 9.78 Å². The van der Waals surface area contributed by atoms with Crippen molar-refractivity contribution >= 4 is 18.3 Å². The third kappa shape index (κ3) is 14.7. The van der Waals surface area contributed by atoms with E-state index in [1.54, 1.807) is 6.33 Å². The Hall–Kier alpha value is -5.54. The van der Waals surface area contributed by atoms with Gasteiger partial charge in [-0.3, -0.25) is 9.59 Å². The molecule has 5 aromatic rings. The fourth-order valence-electron chi connectivity index (χ4n) is 4.58. The lowest BCUT2D eigenvalue weighted by Gasteiger charge is -2.19. The number of amides is 1. The second-order valence-corrected chi connectivity index (χ2v) is 10.5. The predicted molar refractivity (Wildman–Crippen MR) is 189 cm³/mol. The maximum absolute atomic E-state index is 12.0. The molecule has 3 N–H and O–H groups in total. The molecule has 5 rings (SSSR count). The van der Waals surface area contributed by atoms with Crippen LogP contribution in [0.15, 0.2) is 134 Å². The molecule has 0 aliphatic rings. The molecule has 1 atom stereocenters. The SMILES string of the molecule is CCNCc1ccc(C)cc1.COC(=O)C(Cc1cn(C(c2ccccc2)c2ccccc2)cn1)NC(C)=O.O=CO.c1ccccc1. The van der Waals surface area contributed by atoms with Crippen molar-refractivity contribution < 1.29 is 24.2 Å². The molecule has 0 radical (unpaired) electrons. The summed E-state index contributed by atoms with van der Waals surface area (Å²) >= 11 is 0. The highest BCUT2D eigenvalue weighted by molar-refractivity contribution is 5.83. The van der Waals surface area contributed by atoms with Crippen LogP contribution in [0.25, 0.3) is 0 Å². The molecule has 9 nitrogen and oxygen atoms in total. The summed E-state index contributed by atoms with van der Waals surface area (Å²) in [5.41, 5.74) is 5.64. The van der Waals surface area contributed by atoms with Crippen molar-refractivity contribution in [2.45, 2.75) is 45.8 Å². The highest BCUT2D eigenvalue weighted by atomic mass is 16.5. The van der Waals surface area contributed by atoms with Crippen molar-refractivity contribution in [2.75, 3.05) is 13.7 Å². The van der Waals surface area contributed by atoms with Gasteiger partial charge in [0.15, 0.2) is 0 Å². The van der Waals surface area contributed by atoms with E-state index in [-0.39, 0.29) is 24.8 Å². The summed E-state index contributed by atoms with van der Waals surface area (Å²) in [4.78, 5) is 36.2. The standard InChI is InChI=1S/C22H23N3O3.C10H15N.C6H6.CH2O2/c1-16(26)24-20(22(27)28-2)13-19-14-25(15-23-19)21(17-9-5-3-6-10-17)18-11-7-4-8-12-18;1-3-11-8-10-6-4-9(2)5-7-10;1-2-4-6-5-3-1;2-1-3/h3-12,14-15,20-21H,13H2,1-2H3,(H,24,26);4-7,11H,3,8H2,1-2H3;1-6H;1H,(H,2,3). The molecule has 0 spiro atoms. The predicted octanol–water partition coefficient (Wildman–Crippen LogP) is 6.23. The van der Waals surface area contributed by atoms with Crippen molar-refractivity contribution in [3.05, 3.63) is 162 Å². The summed E-state index contributed by atoms with van der Waals surface area (Å²) in [6, 6.07) is 40.1. The smallest absolute Gasteiger partial charge is 0.328 e. The molecule has 252 valence electrons. The first-order valence-corrected chi connectivity index (χ1v) is 15.6. The Bertz CT molecular complexity index is 1510. The van der Waals surface area contributed by atoms with Gasteiger partial charge in [-0.2, -0.15) is 0 Å². The Balaban J connectivity index is 0.000000324. The number of ether oxygens (including phenoxy) is 1. The molecule has 0 saturated carbocycles. The maximum atomic E-state index is 12.0. The third-order valence-corrected chi connectivity index (χ3v) is 6.83. The largest absolute Gasteiger partial charge is 0.483 e.